The Morgan fingerprint density at radius 2 is 1.27 bits per heavy atom. The molecule has 7 nitrogen and oxygen atoms in total. The molecule has 1 heterocycles. The largest absolute Gasteiger partial charge is 0.507 e. The number of nitrogens with zero attached hydrogens (tertiary/aromatic N) is 2. The molecule has 1 atom stereocenters. The minimum absolute atomic E-state index is 0.0260. The highest BCUT2D eigenvalue weighted by Gasteiger charge is 2.45. The summed E-state index contributed by atoms with van der Waals surface area (Å²) in [6.45, 7) is 4.56. The van der Waals surface area contributed by atoms with Crippen molar-refractivity contribution in [1.82, 2.24) is 4.90 Å². The fourth-order valence-electron chi connectivity index (χ4n) is 5.58. The van der Waals surface area contributed by atoms with Crippen LogP contribution in [0.3, 0.4) is 0 Å². The van der Waals surface area contributed by atoms with E-state index in [4.69, 9.17) is 0 Å². The zero-order valence-electron chi connectivity index (χ0n) is 24.8. The van der Waals surface area contributed by atoms with E-state index < -0.39 is 22.7 Å². The molecule has 0 bridgehead atoms. The van der Waals surface area contributed by atoms with Crippen LogP contribution in [0.15, 0.2) is 54.1 Å². The van der Waals surface area contributed by atoms with Gasteiger partial charge in [-0.25, -0.2) is 0 Å². The van der Waals surface area contributed by atoms with Gasteiger partial charge in [0.1, 0.15) is 5.76 Å². The molecule has 222 valence electrons. The SMILES string of the molecule is CCCCCCCCCCCCCCCCN1C(=O)C(=O)C(=C(O)c2ccc(C)cc2)[C@H]1c1ccc([N+](=O)[O-])cc1. The number of hydrogen-bond acceptors (Lipinski definition) is 5. The van der Waals surface area contributed by atoms with Gasteiger partial charge in [0.2, 0.25) is 0 Å². The number of rotatable bonds is 18. The maximum Gasteiger partial charge on any atom is 0.295 e. The molecule has 0 aromatic heterocycles. The number of carbonyl (C=O) groups is 2. The topological polar surface area (TPSA) is 101 Å². The second kappa shape index (κ2) is 16.7. The van der Waals surface area contributed by atoms with Crippen molar-refractivity contribution in [3.8, 4) is 0 Å². The molecule has 7 heteroatoms. The lowest BCUT2D eigenvalue weighted by atomic mass is 9.95. The molecule has 0 aliphatic carbocycles. The average molecular weight is 563 g/mol. The Labute approximate surface area is 244 Å². The van der Waals surface area contributed by atoms with Crippen LogP contribution in [0.5, 0.6) is 0 Å². The first-order valence-corrected chi connectivity index (χ1v) is 15.4. The van der Waals surface area contributed by atoms with E-state index in [0.29, 0.717) is 17.7 Å². The fourth-order valence-corrected chi connectivity index (χ4v) is 5.58. The first-order chi connectivity index (χ1) is 19.8. The van der Waals surface area contributed by atoms with Crippen molar-refractivity contribution in [2.75, 3.05) is 6.54 Å². The third-order valence-electron chi connectivity index (χ3n) is 8.04. The third kappa shape index (κ3) is 9.27. The maximum atomic E-state index is 13.2. The van der Waals surface area contributed by atoms with E-state index in [9.17, 15) is 24.8 Å². The second-order valence-corrected chi connectivity index (χ2v) is 11.3. The highest BCUT2D eigenvalue weighted by atomic mass is 16.6. The quantitative estimate of drug-likeness (QED) is 0.0488. The summed E-state index contributed by atoms with van der Waals surface area (Å²) in [6.07, 6.45) is 17.1. The molecule has 1 N–H and O–H groups in total. The van der Waals surface area contributed by atoms with Crippen molar-refractivity contribution in [3.05, 3.63) is 80.9 Å². The van der Waals surface area contributed by atoms with Crippen LogP contribution in [0.1, 0.15) is 120 Å². The van der Waals surface area contributed by atoms with E-state index in [1.807, 2.05) is 19.1 Å². The number of aliphatic hydroxyl groups is 1. The maximum absolute atomic E-state index is 13.2. The number of hydrogen-bond donors (Lipinski definition) is 1. The zero-order chi connectivity index (χ0) is 29.6. The van der Waals surface area contributed by atoms with E-state index in [0.717, 1.165) is 31.2 Å². The van der Waals surface area contributed by atoms with Crippen LogP contribution >= 0.6 is 0 Å². The predicted octanol–water partition coefficient (Wildman–Crippen LogP) is 8.81. The molecule has 2 aromatic carbocycles. The Balaban J connectivity index is 1.58. The number of nitro benzene ring substituents is 1. The van der Waals surface area contributed by atoms with Crippen LogP contribution in [-0.2, 0) is 9.59 Å². The number of aliphatic hydroxyl groups excluding tert-OH is 1. The summed E-state index contributed by atoms with van der Waals surface area (Å²) >= 11 is 0. The van der Waals surface area contributed by atoms with Gasteiger partial charge in [0.25, 0.3) is 17.4 Å². The molecule has 0 radical (unpaired) electrons. The van der Waals surface area contributed by atoms with Crippen LogP contribution in [-0.4, -0.2) is 33.2 Å². The van der Waals surface area contributed by atoms with E-state index in [2.05, 4.69) is 6.92 Å². The number of nitro groups is 1. The molecule has 1 saturated heterocycles. The zero-order valence-corrected chi connectivity index (χ0v) is 24.8. The van der Waals surface area contributed by atoms with Gasteiger partial charge in [0.15, 0.2) is 0 Å². The van der Waals surface area contributed by atoms with E-state index in [1.54, 1.807) is 24.3 Å². The number of aryl methyl sites for hydroxylation is 1. The molecule has 1 aliphatic heterocycles. The van der Waals surface area contributed by atoms with Crippen molar-refractivity contribution in [1.29, 1.82) is 0 Å². The highest BCUT2D eigenvalue weighted by molar-refractivity contribution is 6.46. The van der Waals surface area contributed by atoms with E-state index >= 15 is 0 Å². The second-order valence-electron chi connectivity index (χ2n) is 11.3. The van der Waals surface area contributed by atoms with Crippen LogP contribution in [0.25, 0.3) is 5.76 Å². The minimum atomic E-state index is -0.793. The van der Waals surface area contributed by atoms with Gasteiger partial charge >= 0.3 is 0 Å². The Morgan fingerprint density at radius 1 is 0.780 bits per heavy atom. The third-order valence-corrected chi connectivity index (χ3v) is 8.04. The summed E-state index contributed by atoms with van der Waals surface area (Å²) in [4.78, 5) is 38.6. The molecule has 41 heavy (non-hydrogen) atoms. The predicted molar refractivity (Wildman–Crippen MR) is 164 cm³/mol. The van der Waals surface area contributed by atoms with Gasteiger partial charge in [-0.15, -0.1) is 0 Å². The summed E-state index contributed by atoms with van der Waals surface area (Å²) in [5.41, 5.74) is 1.98. The van der Waals surface area contributed by atoms with Crippen molar-refractivity contribution >= 4 is 23.1 Å². The Bertz CT molecular complexity index is 1170. The lowest BCUT2D eigenvalue weighted by Gasteiger charge is -2.25. The monoisotopic (exact) mass is 562 g/mol. The van der Waals surface area contributed by atoms with Crippen LogP contribution in [0.4, 0.5) is 5.69 Å². The van der Waals surface area contributed by atoms with Crippen LogP contribution in [0, 0.1) is 17.0 Å². The molecular formula is C34H46N2O5. The fraction of sp³-hybridized carbons (Fsp3) is 0.529. The highest BCUT2D eigenvalue weighted by Crippen LogP contribution is 2.40. The summed E-state index contributed by atoms with van der Waals surface area (Å²) in [5.74, 6) is -1.59. The molecule has 0 spiro atoms. The summed E-state index contributed by atoms with van der Waals surface area (Å²) in [6, 6.07) is 12.2. The summed E-state index contributed by atoms with van der Waals surface area (Å²) in [7, 11) is 0. The standard InChI is InChI=1S/C34H46N2O5/c1-3-4-5-6-7-8-9-10-11-12-13-14-15-16-25-35-31(27-21-23-29(24-22-27)36(40)41)30(33(38)34(35)39)32(37)28-19-17-26(2)18-20-28/h17-24,31,37H,3-16,25H2,1-2H3/t31-/m1/s1. The number of non-ortho nitro benzene ring substituents is 1. The lowest BCUT2D eigenvalue weighted by molar-refractivity contribution is -0.384. The number of unbranched alkanes of at least 4 members (excludes halogenated alkanes) is 13. The molecule has 2 aromatic rings. The number of Topliss-reactive ketones (excluding diaryl/α,β-unsaturated/α-hetero) is 1. The molecule has 1 aliphatic rings. The van der Waals surface area contributed by atoms with Gasteiger partial charge in [0.05, 0.1) is 16.5 Å². The van der Waals surface area contributed by atoms with Gasteiger partial charge in [-0.2, -0.15) is 0 Å². The molecule has 1 amide bonds. The van der Waals surface area contributed by atoms with Gasteiger partial charge in [0, 0.05) is 24.2 Å². The Kier molecular flexibility index (Phi) is 13.1. The number of benzene rings is 2. The van der Waals surface area contributed by atoms with E-state index in [1.165, 1.54) is 81.2 Å². The van der Waals surface area contributed by atoms with Crippen molar-refractivity contribution in [2.24, 2.45) is 0 Å². The number of likely N-dealkylation sites (tertiary alicyclic amines) is 1. The summed E-state index contributed by atoms with van der Waals surface area (Å²) in [5, 5.41) is 22.3. The number of ketones is 1. The molecule has 0 unspecified atom stereocenters. The van der Waals surface area contributed by atoms with Crippen molar-refractivity contribution < 1.29 is 19.6 Å². The molecular weight excluding hydrogens is 516 g/mol. The van der Waals surface area contributed by atoms with Crippen LogP contribution < -0.4 is 0 Å². The average Bonchev–Trinajstić information content (AvgIpc) is 3.22. The first-order valence-electron chi connectivity index (χ1n) is 15.4. The number of amides is 1. The first kappa shape index (κ1) is 32.0. The van der Waals surface area contributed by atoms with Crippen LogP contribution in [0.2, 0.25) is 0 Å². The van der Waals surface area contributed by atoms with E-state index in [-0.39, 0.29) is 17.0 Å². The Hall–Kier alpha value is -3.48. The van der Waals surface area contributed by atoms with Gasteiger partial charge in [-0.05, 0) is 31.0 Å². The normalized spacial score (nSPS) is 16.4. The molecule has 0 saturated carbocycles. The summed E-state index contributed by atoms with van der Waals surface area (Å²) < 4.78 is 0. The lowest BCUT2D eigenvalue weighted by Crippen LogP contribution is -2.30. The van der Waals surface area contributed by atoms with Gasteiger partial charge < -0.3 is 10.0 Å². The molecule has 1 fully saturated rings. The van der Waals surface area contributed by atoms with Gasteiger partial charge in [-0.3, -0.25) is 19.7 Å². The van der Waals surface area contributed by atoms with Crippen molar-refractivity contribution in [2.45, 2.75) is 110 Å². The van der Waals surface area contributed by atoms with Gasteiger partial charge in [-0.1, -0.05) is 120 Å². The van der Waals surface area contributed by atoms with Crippen molar-refractivity contribution in [3.63, 3.8) is 0 Å². The Morgan fingerprint density at radius 3 is 1.76 bits per heavy atom. The number of carbonyl (C=O) groups excluding carboxylic acids is 2. The molecule has 3 rings (SSSR count). The minimum Gasteiger partial charge on any atom is -0.507 e. The smallest absolute Gasteiger partial charge is 0.295 e.